The monoisotopic (exact) mass is 369 g/mol. The molecule has 8 heteroatoms. The number of hydrogen-bond acceptors (Lipinski definition) is 3. The zero-order valence-corrected chi connectivity index (χ0v) is 15.6. The smallest absolute Gasteiger partial charge is 0.312 e. The van der Waals surface area contributed by atoms with E-state index in [0.717, 1.165) is 10.3 Å². The standard InChI is InChI=1S/C19H20FN5O2/c1-11(2)25-12(3)9-23-15-16(21-18(23)25)22(4)19(27)24(17(15)26)10-13-5-7-14(20)8-6-13/h5-9,11H,10H2,1-4H3. The molecule has 27 heavy (non-hydrogen) atoms. The van der Waals surface area contributed by atoms with Crippen molar-refractivity contribution in [3.8, 4) is 0 Å². The van der Waals surface area contributed by atoms with Gasteiger partial charge in [0, 0.05) is 25.0 Å². The maximum absolute atomic E-state index is 13.1. The summed E-state index contributed by atoms with van der Waals surface area (Å²) < 4.78 is 19.5. The summed E-state index contributed by atoms with van der Waals surface area (Å²) in [6.45, 7) is 6.11. The van der Waals surface area contributed by atoms with Crippen LogP contribution in [0.4, 0.5) is 4.39 Å². The first kappa shape index (κ1) is 17.3. The maximum atomic E-state index is 13.1. The quantitative estimate of drug-likeness (QED) is 0.556. The van der Waals surface area contributed by atoms with Crippen LogP contribution >= 0.6 is 0 Å². The van der Waals surface area contributed by atoms with Gasteiger partial charge in [-0.25, -0.2) is 9.18 Å². The Bertz CT molecular complexity index is 1290. The fourth-order valence-corrected chi connectivity index (χ4v) is 3.58. The van der Waals surface area contributed by atoms with Crippen LogP contribution in [0.15, 0.2) is 40.1 Å². The van der Waals surface area contributed by atoms with Gasteiger partial charge < -0.3 is 4.57 Å². The number of rotatable bonds is 3. The highest BCUT2D eigenvalue weighted by Crippen LogP contribution is 2.20. The van der Waals surface area contributed by atoms with E-state index in [2.05, 4.69) is 4.98 Å². The summed E-state index contributed by atoms with van der Waals surface area (Å²) in [5.74, 6) is 0.265. The zero-order chi connectivity index (χ0) is 19.5. The van der Waals surface area contributed by atoms with Crippen molar-refractivity contribution in [2.24, 2.45) is 7.05 Å². The number of imidazole rings is 2. The molecule has 0 amide bonds. The van der Waals surface area contributed by atoms with E-state index in [0.29, 0.717) is 22.5 Å². The number of fused-ring (bicyclic) bond motifs is 3. The van der Waals surface area contributed by atoms with E-state index in [1.54, 1.807) is 23.6 Å². The molecule has 4 rings (SSSR count). The van der Waals surface area contributed by atoms with Crippen molar-refractivity contribution in [2.45, 2.75) is 33.4 Å². The van der Waals surface area contributed by atoms with Gasteiger partial charge in [0.1, 0.15) is 5.82 Å². The Morgan fingerprint density at radius 3 is 2.44 bits per heavy atom. The van der Waals surface area contributed by atoms with Crippen LogP contribution in [0.2, 0.25) is 0 Å². The highest BCUT2D eigenvalue weighted by atomic mass is 19.1. The van der Waals surface area contributed by atoms with E-state index < -0.39 is 11.2 Å². The summed E-state index contributed by atoms with van der Waals surface area (Å²) >= 11 is 0. The zero-order valence-electron chi connectivity index (χ0n) is 15.6. The predicted molar refractivity (Wildman–Crippen MR) is 101 cm³/mol. The molecule has 0 saturated heterocycles. The van der Waals surface area contributed by atoms with Crippen molar-refractivity contribution in [1.82, 2.24) is 23.1 Å². The molecule has 0 N–H and O–H groups in total. The van der Waals surface area contributed by atoms with E-state index in [-0.39, 0.29) is 18.4 Å². The van der Waals surface area contributed by atoms with Crippen molar-refractivity contribution < 1.29 is 4.39 Å². The molecule has 0 radical (unpaired) electrons. The second-order valence-electron chi connectivity index (χ2n) is 7.05. The normalized spacial score (nSPS) is 11.9. The molecule has 0 fully saturated rings. The lowest BCUT2D eigenvalue weighted by Gasteiger charge is -2.09. The molecule has 0 aliphatic carbocycles. The largest absolute Gasteiger partial charge is 0.332 e. The van der Waals surface area contributed by atoms with Gasteiger partial charge in [0.2, 0.25) is 5.78 Å². The van der Waals surface area contributed by atoms with Crippen LogP contribution in [-0.4, -0.2) is 23.1 Å². The summed E-state index contributed by atoms with van der Waals surface area (Å²) in [4.78, 5) is 30.5. The molecule has 0 spiro atoms. The number of halogens is 1. The van der Waals surface area contributed by atoms with E-state index in [4.69, 9.17) is 0 Å². The van der Waals surface area contributed by atoms with Crippen molar-refractivity contribution in [1.29, 1.82) is 0 Å². The molecule has 0 aliphatic heterocycles. The summed E-state index contributed by atoms with van der Waals surface area (Å²) in [7, 11) is 1.60. The molecule has 0 unspecified atom stereocenters. The van der Waals surface area contributed by atoms with Gasteiger partial charge in [0.15, 0.2) is 11.2 Å². The summed E-state index contributed by atoms with van der Waals surface area (Å²) in [6.07, 6.45) is 1.86. The van der Waals surface area contributed by atoms with Gasteiger partial charge in [-0.15, -0.1) is 0 Å². The minimum absolute atomic E-state index is 0.0683. The predicted octanol–water partition coefficient (Wildman–Crippen LogP) is 2.23. The molecule has 3 aromatic heterocycles. The fraction of sp³-hybridized carbons (Fsp3) is 0.316. The van der Waals surface area contributed by atoms with Gasteiger partial charge in [0.05, 0.1) is 6.54 Å². The van der Waals surface area contributed by atoms with Gasteiger partial charge in [-0.1, -0.05) is 12.1 Å². The Labute approximate surface area is 153 Å². The summed E-state index contributed by atoms with van der Waals surface area (Å²) in [6, 6.07) is 5.92. The fourth-order valence-electron chi connectivity index (χ4n) is 3.58. The number of aryl methyl sites for hydroxylation is 2. The van der Waals surface area contributed by atoms with Crippen LogP contribution < -0.4 is 11.2 Å². The highest BCUT2D eigenvalue weighted by molar-refractivity contribution is 5.75. The molecule has 140 valence electrons. The number of hydrogen-bond donors (Lipinski definition) is 0. The van der Waals surface area contributed by atoms with Crippen molar-refractivity contribution in [3.63, 3.8) is 0 Å². The molecule has 1 aromatic carbocycles. The topological polar surface area (TPSA) is 66.2 Å². The molecular formula is C19H20FN5O2. The summed E-state index contributed by atoms with van der Waals surface area (Å²) in [5, 5.41) is 0. The highest BCUT2D eigenvalue weighted by Gasteiger charge is 2.21. The van der Waals surface area contributed by atoms with Crippen molar-refractivity contribution in [3.05, 3.63) is 68.4 Å². The van der Waals surface area contributed by atoms with Crippen LogP contribution in [0.1, 0.15) is 31.1 Å². The van der Waals surface area contributed by atoms with Crippen molar-refractivity contribution >= 4 is 16.9 Å². The second-order valence-corrected chi connectivity index (χ2v) is 7.05. The van der Waals surface area contributed by atoms with Crippen molar-refractivity contribution in [2.75, 3.05) is 0 Å². The minimum Gasteiger partial charge on any atom is -0.312 e. The first-order chi connectivity index (χ1) is 12.8. The number of nitrogens with zero attached hydrogens (tertiary/aromatic N) is 5. The first-order valence-electron chi connectivity index (χ1n) is 8.73. The minimum atomic E-state index is -0.453. The van der Waals surface area contributed by atoms with Gasteiger partial charge in [-0.3, -0.25) is 18.3 Å². The van der Waals surface area contributed by atoms with E-state index in [1.165, 1.54) is 16.7 Å². The Hall–Kier alpha value is -3.16. The molecular weight excluding hydrogens is 349 g/mol. The van der Waals surface area contributed by atoms with Crippen LogP contribution in [0.3, 0.4) is 0 Å². The molecule has 0 aliphatic rings. The SMILES string of the molecule is Cc1cn2c3c(=O)n(Cc4ccc(F)cc4)c(=O)n(C)c3nc2n1C(C)C. The Kier molecular flexibility index (Phi) is 3.80. The Morgan fingerprint density at radius 2 is 1.81 bits per heavy atom. The number of benzene rings is 1. The average Bonchev–Trinajstić information content (AvgIpc) is 3.12. The average molecular weight is 369 g/mol. The summed E-state index contributed by atoms with van der Waals surface area (Å²) in [5.41, 5.74) is 1.50. The van der Waals surface area contributed by atoms with E-state index in [9.17, 15) is 14.0 Å². The van der Waals surface area contributed by atoms with Gasteiger partial charge in [-0.05, 0) is 38.5 Å². The molecule has 4 aromatic rings. The molecule has 0 atom stereocenters. The third kappa shape index (κ3) is 2.51. The van der Waals surface area contributed by atoms with Gasteiger partial charge in [-0.2, -0.15) is 4.98 Å². The first-order valence-corrected chi connectivity index (χ1v) is 8.73. The second kappa shape index (κ2) is 5.94. The molecule has 0 saturated carbocycles. The van der Waals surface area contributed by atoms with Gasteiger partial charge in [0.25, 0.3) is 5.56 Å². The van der Waals surface area contributed by atoms with Crippen LogP contribution in [0.5, 0.6) is 0 Å². The van der Waals surface area contributed by atoms with E-state index >= 15 is 0 Å². The van der Waals surface area contributed by atoms with Crippen LogP contribution in [0.25, 0.3) is 16.9 Å². The van der Waals surface area contributed by atoms with Gasteiger partial charge >= 0.3 is 5.69 Å². The molecule has 0 bridgehead atoms. The Balaban J connectivity index is 2.02. The number of aromatic nitrogens is 5. The van der Waals surface area contributed by atoms with Crippen LogP contribution in [-0.2, 0) is 13.6 Å². The lowest BCUT2D eigenvalue weighted by Crippen LogP contribution is -2.39. The molecule has 3 heterocycles. The lowest BCUT2D eigenvalue weighted by molar-refractivity contribution is 0.601. The van der Waals surface area contributed by atoms with Crippen LogP contribution in [0, 0.1) is 12.7 Å². The third-order valence-electron chi connectivity index (χ3n) is 4.84. The lowest BCUT2D eigenvalue weighted by atomic mass is 10.2. The Morgan fingerprint density at radius 1 is 1.15 bits per heavy atom. The molecule has 7 nitrogen and oxygen atoms in total. The van der Waals surface area contributed by atoms with E-state index in [1.807, 2.05) is 31.5 Å². The maximum Gasteiger partial charge on any atom is 0.332 e. The third-order valence-corrected chi connectivity index (χ3v) is 4.84.